The molecule has 0 bridgehead atoms. The Bertz CT molecular complexity index is 511. The SMILES string of the molecule is Cc1nc2ccc(C(O)C(O)CCS)cc2o1. The zero-order valence-electron chi connectivity index (χ0n) is 9.50. The third-order valence-corrected chi connectivity index (χ3v) is 2.91. The summed E-state index contributed by atoms with van der Waals surface area (Å²) in [5, 5.41) is 19.6. The summed E-state index contributed by atoms with van der Waals surface area (Å²) in [6.45, 7) is 1.77. The molecular formula is C12H15NO3S. The number of aliphatic hydroxyl groups excluding tert-OH is 2. The van der Waals surface area contributed by atoms with Gasteiger partial charge in [0.05, 0.1) is 6.10 Å². The van der Waals surface area contributed by atoms with Gasteiger partial charge in [-0.3, -0.25) is 0 Å². The van der Waals surface area contributed by atoms with Crippen LogP contribution in [0.4, 0.5) is 0 Å². The number of benzene rings is 1. The first-order valence-electron chi connectivity index (χ1n) is 5.46. The maximum absolute atomic E-state index is 9.94. The van der Waals surface area contributed by atoms with Crippen LogP contribution in [-0.2, 0) is 0 Å². The Morgan fingerprint density at radius 1 is 1.41 bits per heavy atom. The van der Waals surface area contributed by atoms with Crippen molar-refractivity contribution in [3.05, 3.63) is 29.7 Å². The highest BCUT2D eigenvalue weighted by atomic mass is 32.1. The molecule has 0 aliphatic heterocycles. The van der Waals surface area contributed by atoms with Crippen molar-refractivity contribution in [2.75, 3.05) is 5.75 Å². The maximum Gasteiger partial charge on any atom is 0.192 e. The molecule has 0 spiro atoms. The molecule has 0 aliphatic rings. The number of aliphatic hydroxyl groups is 2. The summed E-state index contributed by atoms with van der Waals surface area (Å²) in [7, 11) is 0. The molecule has 2 aromatic rings. The molecule has 0 saturated heterocycles. The molecule has 0 fully saturated rings. The van der Waals surface area contributed by atoms with Crippen LogP contribution in [0, 0.1) is 6.92 Å². The van der Waals surface area contributed by atoms with Crippen LogP contribution in [0.5, 0.6) is 0 Å². The predicted molar refractivity (Wildman–Crippen MR) is 68.2 cm³/mol. The molecule has 1 aromatic heterocycles. The Balaban J connectivity index is 2.28. The van der Waals surface area contributed by atoms with Crippen LogP contribution in [0.2, 0.25) is 0 Å². The Kier molecular flexibility index (Phi) is 3.71. The number of hydrogen-bond donors (Lipinski definition) is 3. The second kappa shape index (κ2) is 5.08. The molecule has 0 aliphatic carbocycles. The van der Waals surface area contributed by atoms with Gasteiger partial charge in [0.1, 0.15) is 11.6 Å². The first-order valence-corrected chi connectivity index (χ1v) is 6.09. The number of thiol groups is 1. The second-order valence-corrected chi connectivity index (χ2v) is 4.43. The third kappa shape index (κ3) is 2.62. The normalized spacial score (nSPS) is 15.1. The third-order valence-electron chi connectivity index (χ3n) is 2.65. The monoisotopic (exact) mass is 253 g/mol. The molecule has 0 radical (unpaired) electrons. The Morgan fingerprint density at radius 2 is 2.18 bits per heavy atom. The number of aryl methyl sites for hydroxylation is 1. The first kappa shape index (κ1) is 12.4. The van der Waals surface area contributed by atoms with Gasteiger partial charge in [0.2, 0.25) is 0 Å². The van der Waals surface area contributed by atoms with E-state index in [4.69, 9.17) is 4.42 Å². The summed E-state index contributed by atoms with van der Waals surface area (Å²) < 4.78 is 5.38. The summed E-state index contributed by atoms with van der Waals surface area (Å²) >= 11 is 4.03. The Labute approximate surface area is 105 Å². The zero-order valence-corrected chi connectivity index (χ0v) is 10.4. The predicted octanol–water partition coefficient (Wildman–Crippen LogP) is 1.85. The van der Waals surface area contributed by atoms with Crippen molar-refractivity contribution < 1.29 is 14.6 Å². The molecule has 1 aromatic carbocycles. The highest BCUT2D eigenvalue weighted by Crippen LogP contribution is 2.24. The fourth-order valence-electron chi connectivity index (χ4n) is 1.75. The lowest BCUT2D eigenvalue weighted by Crippen LogP contribution is -2.18. The van der Waals surface area contributed by atoms with Gasteiger partial charge in [0, 0.05) is 6.92 Å². The van der Waals surface area contributed by atoms with E-state index in [2.05, 4.69) is 17.6 Å². The Hall–Kier alpha value is -1.04. The van der Waals surface area contributed by atoms with Gasteiger partial charge >= 0.3 is 0 Å². The lowest BCUT2D eigenvalue weighted by atomic mass is 10.0. The first-order chi connectivity index (χ1) is 8.11. The summed E-state index contributed by atoms with van der Waals surface area (Å²) in [6, 6.07) is 5.23. The van der Waals surface area contributed by atoms with Crippen molar-refractivity contribution in [2.24, 2.45) is 0 Å². The molecule has 92 valence electrons. The van der Waals surface area contributed by atoms with E-state index in [9.17, 15) is 10.2 Å². The molecule has 1 heterocycles. The molecule has 2 rings (SSSR count). The summed E-state index contributed by atoms with van der Waals surface area (Å²) in [5.74, 6) is 1.12. The fraction of sp³-hybridized carbons (Fsp3) is 0.417. The minimum absolute atomic E-state index is 0.442. The van der Waals surface area contributed by atoms with Crippen molar-refractivity contribution in [2.45, 2.75) is 25.6 Å². The van der Waals surface area contributed by atoms with E-state index in [0.29, 0.717) is 29.2 Å². The summed E-state index contributed by atoms with van der Waals surface area (Å²) in [5.41, 5.74) is 2.00. The molecule has 2 unspecified atom stereocenters. The lowest BCUT2D eigenvalue weighted by molar-refractivity contribution is 0.0173. The fourth-order valence-corrected chi connectivity index (χ4v) is 2.02. The molecule has 17 heavy (non-hydrogen) atoms. The number of nitrogens with zero attached hydrogens (tertiary/aromatic N) is 1. The summed E-state index contributed by atoms with van der Waals surface area (Å²) in [4.78, 5) is 4.17. The zero-order chi connectivity index (χ0) is 12.4. The number of aromatic nitrogens is 1. The van der Waals surface area contributed by atoms with E-state index in [1.165, 1.54) is 0 Å². The molecule has 0 saturated carbocycles. The van der Waals surface area contributed by atoms with Gasteiger partial charge in [-0.15, -0.1) is 0 Å². The van der Waals surface area contributed by atoms with Crippen molar-refractivity contribution in [1.82, 2.24) is 4.98 Å². The van der Waals surface area contributed by atoms with Crippen molar-refractivity contribution >= 4 is 23.7 Å². The van der Waals surface area contributed by atoms with Gasteiger partial charge in [-0.25, -0.2) is 4.98 Å². The van der Waals surface area contributed by atoms with Crippen LogP contribution >= 0.6 is 12.6 Å². The molecular weight excluding hydrogens is 238 g/mol. The van der Waals surface area contributed by atoms with E-state index >= 15 is 0 Å². The van der Waals surface area contributed by atoms with Crippen LogP contribution in [-0.4, -0.2) is 27.1 Å². The van der Waals surface area contributed by atoms with Gasteiger partial charge in [0.15, 0.2) is 11.5 Å². The molecule has 4 nitrogen and oxygen atoms in total. The minimum Gasteiger partial charge on any atom is -0.441 e. The van der Waals surface area contributed by atoms with Gasteiger partial charge in [-0.2, -0.15) is 12.6 Å². The lowest BCUT2D eigenvalue weighted by Gasteiger charge is -2.16. The largest absolute Gasteiger partial charge is 0.441 e. The highest BCUT2D eigenvalue weighted by molar-refractivity contribution is 7.80. The number of hydrogen-bond acceptors (Lipinski definition) is 5. The van der Waals surface area contributed by atoms with Crippen LogP contribution in [0.15, 0.2) is 22.6 Å². The maximum atomic E-state index is 9.94. The Morgan fingerprint density at radius 3 is 2.88 bits per heavy atom. The van der Waals surface area contributed by atoms with Crippen LogP contribution in [0.3, 0.4) is 0 Å². The van der Waals surface area contributed by atoms with E-state index in [1.54, 1.807) is 25.1 Å². The molecule has 2 atom stereocenters. The number of oxazole rings is 1. The van der Waals surface area contributed by atoms with Crippen molar-refractivity contribution in [3.63, 3.8) is 0 Å². The number of fused-ring (bicyclic) bond motifs is 1. The summed E-state index contributed by atoms with van der Waals surface area (Å²) in [6.07, 6.45) is -1.29. The highest BCUT2D eigenvalue weighted by Gasteiger charge is 2.18. The van der Waals surface area contributed by atoms with Crippen molar-refractivity contribution in [1.29, 1.82) is 0 Å². The minimum atomic E-state index is -0.919. The van der Waals surface area contributed by atoms with E-state index < -0.39 is 12.2 Å². The standard InChI is InChI=1S/C12H15NO3S/c1-7-13-9-3-2-8(6-11(9)16-7)12(15)10(14)4-5-17/h2-3,6,10,12,14-15,17H,4-5H2,1H3. The topological polar surface area (TPSA) is 66.5 Å². The van der Waals surface area contributed by atoms with E-state index in [-0.39, 0.29) is 0 Å². The average Bonchev–Trinajstić information content (AvgIpc) is 2.67. The van der Waals surface area contributed by atoms with E-state index in [1.807, 2.05) is 0 Å². The number of rotatable bonds is 4. The molecule has 0 amide bonds. The molecule has 5 heteroatoms. The van der Waals surface area contributed by atoms with Gasteiger partial charge < -0.3 is 14.6 Å². The molecule has 2 N–H and O–H groups in total. The van der Waals surface area contributed by atoms with Crippen LogP contribution in [0.1, 0.15) is 24.0 Å². The quantitative estimate of drug-likeness (QED) is 0.727. The smallest absolute Gasteiger partial charge is 0.192 e. The van der Waals surface area contributed by atoms with E-state index in [0.717, 1.165) is 5.52 Å². The van der Waals surface area contributed by atoms with Crippen LogP contribution < -0.4 is 0 Å². The van der Waals surface area contributed by atoms with Gasteiger partial charge in [-0.05, 0) is 29.9 Å². The second-order valence-electron chi connectivity index (χ2n) is 3.98. The van der Waals surface area contributed by atoms with Gasteiger partial charge in [0.25, 0.3) is 0 Å². The van der Waals surface area contributed by atoms with Crippen LogP contribution in [0.25, 0.3) is 11.1 Å². The average molecular weight is 253 g/mol. The van der Waals surface area contributed by atoms with Gasteiger partial charge in [-0.1, -0.05) is 6.07 Å². The van der Waals surface area contributed by atoms with Crippen molar-refractivity contribution in [3.8, 4) is 0 Å².